The molecule has 44 heavy (non-hydrogen) atoms. The smallest absolute Gasteiger partial charge is 0.421 e. The van der Waals surface area contributed by atoms with Crippen molar-refractivity contribution in [1.29, 1.82) is 0 Å². The lowest BCUT2D eigenvalue weighted by Gasteiger charge is -2.31. The molecule has 2 aliphatic rings. The molecule has 0 fully saturated rings. The van der Waals surface area contributed by atoms with Crippen LogP contribution in [0.15, 0.2) is 121 Å². The lowest BCUT2D eigenvalue weighted by molar-refractivity contribution is 0.0413. The number of ketones is 2. The summed E-state index contributed by atoms with van der Waals surface area (Å²) in [4.78, 5) is 58.3. The van der Waals surface area contributed by atoms with Crippen LogP contribution in [-0.4, -0.2) is 23.8 Å². The minimum absolute atomic E-state index is 0.187. The number of benzene rings is 4. The molecule has 1 heterocycles. The van der Waals surface area contributed by atoms with Gasteiger partial charge in [0.2, 0.25) is 11.6 Å². The molecule has 220 valence electrons. The molecule has 0 unspecified atom stereocenters. The van der Waals surface area contributed by atoms with Crippen LogP contribution in [0.2, 0.25) is 0 Å². The predicted octanol–water partition coefficient (Wildman–Crippen LogP) is 7.75. The quantitative estimate of drug-likeness (QED) is 0.179. The fraction of sp³-hybridized carbons (Fsp3) is 0.167. The number of Topliss-reactive ketones (excluding diaryl/α,β-unsaturated/α-hetero) is 2. The molecule has 4 aromatic rings. The summed E-state index contributed by atoms with van der Waals surface area (Å²) in [5, 5.41) is 0. The summed E-state index contributed by atoms with van der Waals surface area (Å²) in [5.41, 5.74) is -0.167. The van der Waals surface area contributed by atoms with Gasteiger partial charge in [-0.2, -0.15) is 0 Å². The van der Waals surface area contributed by atoms with Gasteiger partial charge in [-0.15, -0.1) is 0 Å². The van der Waals surface area contributed by atoms with E-state index in [0.29, 0.717) is 0 Å². The van der Waals surface area contributed by atoms with Crippen LogP contribution in [-0.2, 0) is 20.7 Å². The van der Waals surface area contributed by atoms with Gasteiger partial charge in [0, 0.05) is 11.1 Å². The Morgan fingerprint density at radius 1 is 0.523 bits per heavy atom. The van der Waals surface area contributed by atoms with E-state index in [9.17, 15) is 19.2 Å². The summed E-state index contributed by atoms with van der Waals surface area (Å²) in [6.45, 7) is 6.96. The summed E-state index contributed by atoms with van der Waals surface area (Å²) in [7, 11) is 0. The van der Waals surface area contributed by atoms with Crippen molar-refractivity contribution in [2.45, 2.75) is 38.9 Å². The highest BCUT2D eigenvalue weighted by molar-refractivity contribution is 6.41. The minimum atomic E-state index is -1.10. The largest absolute Gasteiger partial charge is 0.438 e. The third-order valence-electron chi connectivity index (χ3n) is 7.87. The maximum Gasteiger partial charge on any atom is 0.421 e. The van der Waals surface area contributed by atoms with Crippen LogP contribution in [0.5, 0.6) is 0 Å². The van der Waals surface area contributed by atoms with Crippen LogP contribution in [0.4, 0.5) is 21.0 Å². The summed E-state index contributed by atoms with van der Waals surface area (Å²) in [6.07, 6.45) is -1.74. The third-order valence-corrected chi connectivity index (χ3v) is 7.87. The van der Waals surface area contributed by atoms with Crippen LogP contribution in [0.3, 0.4) is 0 Å². The Hall–Kier alpha value is -5.50. The zero-order valence-corrected chi connectivity index (χ0v) is 24.7. The van der Waals surface area contributed by atoms with Gasteiger partial charge in [0.15, 0.2) is 0 Å². The Morgan fingerprint density at radius 3 is 1.25 bits per heavy atom. The first kappa shape index (κ1) is 28.6. The molecule has 0 bridgehead atoms. The fourth-order valence-electron chi connectivity index (χ4n) is 5.54. The van der Waals surface area contributed by atoms with E-state index in [2.05, 4.69) is 0 Å². The Balaban J connectivity index is 1.51. The monoisotopic (exact) mass is 586 g/mol. The standard InChI is InChI=1S/C36H30N2O6/c1-35(2,23-15-7-5-8-16-23)43-33(41)37-27-21-13-14-22-28(27)38(34(42)44-36(3,4)24-17-9-6-10-18-24)32(37)29-30(39)25-19-11-12-20-26(25)31(29)40/h5-22H,1-4H3. The van der Waals surface area contributed by atoms with Gasteiger partial charge >= 0.3 is 12.2 Å². The zero-order valence-electron chi connectivity index (χ0n) is 24.7. The second-order valence-electron chi connectivity index (χ2n) is 11.6. The molecule has 4 aromatic carbocycles. The van der Waals surface area contributed by atoms with E-state index in [1.807, 2.05) is 60.7 Å². The number of amides is 2. The topological polar surface area (TPSA) is 93.2 Å². The van der Waals surface area contributed by atoms with Crippen molar-refractivity contribution in [3.05, 3.63) is 143 Å². The van der Waals surface area contributed by atoms with Gasteiger partial charge in [0.1, 0.15) is 22.6 Å². The van der Waals surface area contributed by atoms with Crippen LogP contribution >= 0.6 is 0 Å². The minimum Gasteiger partial charge on any atom is -0.438 e. The first-order chi connectivity index (χ1) is 21.0. The molecule has 0 radical (unpaired) electrons. The summed E-state index contributed by atoms with van der Waals surface area (Å²) in [5.74, 6) is -1.44. The second-order valence-corrected chi connectivity index (χ2v) is 11.6. The van der Waals surface area contributed by atoms with Crippen molar-refractivity contribution in [1.82, 2.24) is 0 Å². The highest BCUT2D eigenvalue weighted by atomic mass is 16.6. The van der Waals surface area contributed by atoms with Crippen molar-refractivity contribution >= 4 is 35.1 Å². The van der Waals surface area contributed by atoms with Crippen LogP contribution in [0.25, 0.3) is 0 Å². The highest BCUT2D eigenvalue weighted by Gasteiger charge is 2.49. The zero-order chi connectivity index (χ0) is 31.2. The number of carbonyl (C=O) groups is 4. The first-order valence-corrected chi connectivity index (χ1v) is 14.2. The highest BCUT2D eigenvalue weighted by Crippen LogP contribution is 2.47. The first-order valence-electron chi connectivity index (χ1n) is 14.2. The van der Waals surface area contributed by atoms with Gasteiger partial charge in [-0.25, -0.2) is 19.4 Å². The van der Waals surface area contributed by atoms with E-state index in [4.69, 9.17) is 9.47 Å². The molecule has 1 aliphatic heterocycles. The Bertz CT molecular complexity index is 1710. The van der Waals surface area contributed by atoms with E-state index in [-0.39, 0.29) is 33.9 Å². The lowest BCUT2D eigenvalue weighted by Crippen LogP contribution is -2.43. The molecule has 2 amide bonds. The van der Waals surface area contributed by atoms with Gasteiger partial charge in [-0.05, 0) is 51.0 Å². The number of carbonyl (C=O) groups excluding carboxylic acids is 4. The predicted molar refractivity (Wildman–Crippen MR) is 165 cm³/mol. The summed E-state index contributed by atoms with van der Waals surface area (Å²) in [6, 6.07) is 31.4. The number of para-hydroxylation sites is 2. The van der Waals surface area contributed by atoms with Crippen molar-refractivity contribution in [3.63, 3.8) is 0 Å². The van der Waals surface area contributed by atoms with Crippen LogP contribution in [0, 0.1) is 0 Å². The molecular weight excluding hydrogens is 556 g/mol. The van der Waals surface area contributed by atoms with E-state index in [1.54, 1.807) is 76.2 Å². The second kappa shape index (κ2) is 10.6. The third kappa shape index (κ3) is 4.74. The number of hydrogen-bond acceptors (Lipinski definition) is 6. The molecule has 0 N–H and O–H groups in total. The van der Waals surface area contributed by atoms with Crippen molar-refractivity contribution in [2.24, 2.45) is 0 Å². The molecule has 6 rings (SSSR count). The Kier molecular flexibility index (Phi) is 6.92. The molecule has 0 atom stereocenters. The number of anilines is 2. The van der Waals surface area contributed by atoms with E-state index in [1.165, 1.54) is 0 Å². The molecule has 1 aliphatic carbocycles. The van der Waals surface area contributed by atoms with Crippen molar-refractivity contribution in [2.75, 3.05) is 9.80 Å². The fourth-order valence-corrected chi connectivity index (χ4v) is 5.54. The van der Waals surface area contributed by atoms with E-state index >= 15 is 0 Å². The molecule has 0 saturated carbocycles. The van der Waals surface area contributed by atoms with E-state index < -0.39 is 35.0 Å². The van der Waals surface area contributed by atoms with Crippen LogP contribution in [0.1, 0.15) is 59.5 Å². The summed E-state index contributed by atoms with van der Waals surface area (Å²) >= 11 is 0. The number of allylic oxidation sites excluding steroid dienone is 1. The average molecular weight is 587 g/mol. The maximum atomic E-state index is 14.2. The van der Waals surface area contributed by atoms with Gasteiger partial charge in [-0.1, -0.05) is 97.1 Å². The number of hydrogen-bond donors (Lipinski definition) is 0. The normalized spacial score (nSPS) is 14.5. The molecule has 0 aromatic heterocycles. The van der Waals surface area contributed by atoms with Gasteiger partial charge in [0.25, 0.3) is 0 Å². The number of nitrogens with zero attached hydrogens (tertiary/aromatic N) is 2. The van der Waals surface area contributed by atoms with Crippen molar-refractivity contribution in [3.8, 4) is 0 Å². The number of fused-ring (bicyclic) bond motifs is 2. The Labute approximate surface area is 255 Å². The van der Waals surface area contributed by atoms with E-state index in [0.717, 1.165) is 20.9 Å². The molecule has 0 saturated heterocycles. The van der Waals surface area contributed by atoms with Gasteiger partial charge in [0.05, 0.1) is 11.4 Å². The van der Waals surface area contributed by atoms with Gasteiger partial charge < -0.3 is 9.47 Å². The van der Waals surface area contributed by atoms with Crippen molar-refractivity contribution < 1.29 is 28.7 Å². The molecular formula is C36H30N2O6. The SMILES string of the molecule is CC(C)(OC(=O)N1C(=C2C(=O)c3ccccc3C2=O)N(C(=O)OC(C)(C)c2ccccc2)c2ccccc21)c1ccccc1. The number of rotatable bonds is 4. The lowest BCUT2D eigenvalue weighted by atomic mass is 9.98. The maximum absolute atomic E-state index is 14.2. The van der Waals surface area contributed by atoms with Crippen LogP contribution < -0.4 is 9.80 Å². The molecule has 0 spiro atoms. The molecule has 8 nitrogen and oxygen atoms in total. The summed E-state index contributed by atoms with van der Waals surface area (Å²) < 4.78 is 12.1. The molecule has 8 heteroatoms. The average Bonchev–Trinajstić information content (AvgIpc) is 3.48. The Morgan fingerprint density at radius 2 is 0.864 bits per heavy atom. The number of ether oxygens (including phenoxy) is 2. The van der Waals surface area contributed by atoms with Gasteiger partial charge in [-0.3, -0.25) is 9.59 Å².